The molecule has 0 unspecified atom stereocenters. The minimum absolute atomic E-state index is 0.118. The summed E-state index contributed by atoms with van der Waals surface area (Å²) in [7, 11) is 1.97. The molecule has 11 heavy (non-hydrogen) atoms. The minimum Gasteiger partial charge on any atom is -0.493 e. The molecule has 0 aromatic carbocycles. The lowest BCUT2D eigenvalue weighted by Crippen LogP contribution is -2.17. The second kappa shape index (κ2) is 3.57. The summed E-state index contributed by atoms with van der Waals surface area (Å²) in [6.07, 6.45) is 1.09. The van der Waals surface area contributed by atoms with Gasteiger partial charge in [0.1, 0.15) is 0 Å². The second-order valence-corrected chi connectivity index (χ2v) is 3.25. The van der Waals surface area contributed by atoms with Crippen LogP contribution >= 0.6 is 11.3 Å². The molecule has 4 heteroatoms. The van der Waals surface area contributed by atoms with Crippen LogP contribution in [0.2, 0.25) is 0 Å². The fourth-order valence-electron chi connectivity index (χ4n) is 0.862. The van der Waals surface area contributed by atoms with Crippen molar-refractivity contribution >= 4 is 16.5 Å². The first-order valence-corrected chi connectivity index (χ1v) is 4.47. The first kappa shape index (κ1) is 8.33. The van der Waals surface area contributed by atoms with Gasteiger partial charge in [-0.1, -0.05) is 6.92 Å². The van der Waals surface area contributed by atoms with Crippen LogP contribution in [0.3, 0.4) is 0 Å². The number of nitrogens with zero attached hydrogens (tertiary/aromatic N) is 2. The number of anilines is 1. The number of hydrogen-bond acceptors (Lipinski definition) is 4. The van der Waals surface area contributed by atoms with Crippen molar-refractivity contribution < 1.29 is 5.11 Å². The van der Waals surface area contributed by atoms with E-state index in [0.29, 0.717) is 0 Å². The molecule has 62 valence electrons. The van der Waals surface area contributed by atoms with Crippen molar-refractivity contribution in [1.29, 1.82) is 0 Å². The molecule has 1 aromatic heterocycles. The molecule has 0 saturated heterocycles. The van der Waals surface area contributed by atoms with E-state index in [0.717, 1.165) is 18.1 Å². The summed E-state index contributed by atoms with van der Waals surface area (Å²) in [6.45, 7) is 3.09. The Labute approximate surface area is 70.3 Å². The highest BCUT2D eigenvalue weighted by Gasteiger charge is 2.03. The molecule has 0 aliphatic rings. The van der Waals surface area contributed by atoms with Crippen molar-refractivity contribution in [1.82, 2.24) is 4.98 Å². The summed E-state index contributed by atoms with van der Waals surface area (Å²) in [4.78, 5) is 5.96. The predicted molar refractivity (Wildman–Crippen MR) is 47.3 cm³/mol. The predicted octanol–water partition coefficient (Wildman–Crippen LogP) is 1.69. The molecule has 0 atom stereocenters. The van der Waals surface area contributed by atoms with Crippen LogP contribution in [0.1, 0.15) is 13.3 Å². The van der Waals surface area contributed by atoms with E-state index in [9.17, 15) is 0 Å². The zero-order chi connectivity index (χ0) is 8.27. The lowest BCUT2D eigenvalue weighted by molar-refractivity contribution is 0.457. The first-order chi connectivity index (χ1) is 5.24. The van der Waals surface area contributed by atoms with Gasteiger partial charge < -0.3 is 10.0 Å². The van der Waals surface area contributed by atoms with Gasteiger partial charge in [-0.15, -0.1) is 11.3 Å². The Morgan fingerprint density at radius 2 is 2.45 bits per heavy atom. The van der Waals surface area contributed by atoms with E-state index in [1.54, 1.807) is 5.38 Å². The summed E-state index contributed by atoms with van der Waals surface area (Å²) in [5.74, 6) is 0.118. The highest BCUT2D eigenvalue weighted by Crippen LogP contribution is 2.22. The highest BCUT2D eigenvalue weighted by molar-refractivity contribution is 7.13. The van der Waals surface area contributed by atoms with Gasteiger partial charge in [0.05, 0.1) is 5.38 Å². The zero-order valence-electron chi connectivity index (χ0n) is 6.74. The molecule has 0 saturated carbocycles. The lowest BCUT2D eigenvalue weighted by Gasteiger charge is -2.12. The summed E-state index contributed by atoms with van der Waals surface area (Å²) >= 11 is 1.46. The summed E-state index contributed by atoms with van der Waals surface area (Å²) in [6, 6.07) is 0. The van der Waals surface area contributed by atoms with E-state index in [1.165, 1.54) is 11.3 Å². The van der Waals surface area contributed by atoms with Gasteiger partial charge >= 0.3 is 0 Å². The molecule has 0 fully saturated rings. The summed E-state index contributed by atoms with van der Waals surface area (Å²) in [5, 5.41) is 11.5. The van der Waals surface area contributed by atoms with E-state index < -0.39 is 0 Å². The zero-order valence-corrected chi connectivity index (χ0v) is 7.56. The molecule has 3 nitrogen and oxygen atoms in total. The van der Waals surface area contributed by atoms with Gasteiger partial charge in [-0.25, -0.2) is 0 Å². The van der Waals surface area contributed by atoms with Crippen molar-refractivity contribution in [2.45, 2.75) is 13.3 Å². The van der Waals surface area contributed by atoms with Crippen LogP contribution in [-0.2, 0) is 0 Å². The normalized spacial score (nSPS) is 10.0. The van der Waals surface area contributed by atoms with Crippen LogP contribution in [0.4, 0.5) is 5.13 Å². The van der Waals surface area contributed by atoms with Gasteiger partial charge in [-0.2, -0.15) is 4.98 Å². The lowest BCUT2D eigenvalue weighted by atomic mass is 10.5. The second-order valence-electron chi connectivity index (χ2n) is 2.41. The van der Waals surface area contributed by atoms with Crippen LogP contribution in [0, 0.1) is 0 Å². The van der Waals surface area contributed by atoms with Gasteiger partial charge in [0, 0.05) is 13.6 Å². The van der Waals surface area contributed by atoms with Gasteiger partial charge in [0.2, 0.25) is 5.88 Å². The monoisotopic (exact) mass is 172 g/mol. The van der Waals surface area contributed by atoms with Crippen molar-refractivity contribution in [2.75, 3.05) is 18.5 Å². The maximum atomic E-state index is 8.94. The van der Waals surface area contributed by atoms with E-state index in [-0.39, 0.29) is 5.88 Å². The molecule has 0 aliphatic carbocycles. The largest absolute Gasteiger partial charge is 0.493 e. The minimum atomic E-state index is 0.118. The number of thiazole rings is 1. The molecule has 1 rings (SSSR count). The average Bonchev–Trinajstić information content (AvgIpc) is 2.36. The molecule has 1 aromatic rings. The molecule has 1 heterocycles. The van der Waals surface area contributed by atoms with Crippen molar-refractivity contribution in [3.05, 3.63) is 5.38 Å². The van der Waals surface area contributed by atoms with Gasteiger partial charge in [-0.05, 0) is 6.42 Å². The fraction of sp³-hybridized carbons (Fsp3) is 0.571. The maximum Gasteiger partial charge on any atom is 0.223 e. The maximum absolute atomic E-state index is 8.94. The van der Waals surface area contributed by atoms with Crippen molar-refractivity contribution in [3.8, 4) is 5.88 Å². The van der Waals surface area contributed by atoms with Crippen LogP contribution in [-0.4, -0.2) is 23.7 Å². The van der Waals surface area contributed by atoms with E-state index in [4.69, 9.17) is 5.11 Å². The number of aromatic hydroxyl groups is 1. The topological polar surface area (TPSA) is 36.4 Å². The third kappa shape index (κ3) is 2.08. The third-order valence-electron chi connectivity index (χ3n) is 1.37. The number of hydrogen-bond donors (Lipinski definition) is 1. The number of rotatable bonds is 3. The molecule has 0 spiro atoms. The molecular weight excluding hydrogens is 160 g/mol. The smallest absolute Gasteiger partial charge is 0.223 e. The van der Waals surface area contributed by atoms with Gasteiger partial charge in [-0.3, -0.25) is 0 Å². The van der Waals surface area contributed by atoms with Gasteiger partial charge in [0.25, 0.3) is 0 Å². The quantitative estimate of drug-likeness (QED) is 0.753. The molecule has 1 N–H and O–H groups in total. The fourth-order valence-corrected chi connectivity index (χ4v) is 1.54. The van der Waals surface area contributed by atoms with Crippen LogP contribution in [0.25, 0.3) is 0 Å². The van der Waals surface area contributed by atoms with Crippen molar-refractivity contribution in [2.24, 2.45) is 0 Å². The van der Waals surface area contributed by atoms with Crippen LogP contribution in [0.15, 0.2) is 5.38 Å². The molecular formula is C7H12N2OS. The van der Waals surface area contributed by atoms with E-state index >= 15 is 0 Å². The molecule has 0 radical (unpaired) electrons. The van der Waals surface area contributed by atoms with Crippen molar-refractivity contribution in [3.63, 3.8) is 0 Å². The van der Waals surface area contributed by atoms with Crippen LogP contribution < -0.4 is 4.90 Å². The summed E-state index contributed by atoms with van der Waals surface area (Å²) in [5.41, 5.74) is 0. The third-order valence-corrected chi connectivity index (χ3v) is 2.31. The van der Waals surface area contributed by atoms with E-state index in [2.05, 4.69) is 11.9 Å². The Balaban J connectivity index is 2.60. The standard InChI is InChI=1S/C7H12N2OS/c1-3-4-9(2)7-8-6(10)5-11-7/h5,10H,3-4H2,1-2H3. The Morgan fingerprint density at radius 3 is 2.91 bits per heavy atom. The summed E-state index contributed by atoms with van der Waals surface area (Å²) < 4.78 is 0. The average molecular weight is 172 g/mol. The highest BCUT2D eigenvalue weighted by atomic mass is 32.1. The Morgan fingerprint density at radius 1 is 1.73 bits per heavy atom. The Hall–Kier alpha value is -0.770. The Kier molecular flexibility index (Phi) is 2.70. The van der Waals surface area contributed by atoms with E-state index in [1.807, 2.05) is 11.9 Å². The van der Waals surface area contributed by atoms with Gasteiger partial charge in [0.15, 0.2) is 5.13 Å². The SMILES string of the molecule is CCCN(C)c1nc(O)cs1. The molecule has 0 amide bonds. The van der Waals surface area contributed by atoms with Crippen LogP contribution in [0.5, 0.6) is 5.88 Å². The molecule has 0 aliphatic heterocycles. The first-order valence-electron chi connectivity index (χ1n) is 3.59. The number of aromatic nitrogens is 1. The Bertz CT molecular complexity index is 224. The molecule has 0 bridgehead atoms.